The number of anilines is 1. The van der Waals surface area contributed by atoms with Gasteiger partial charge < -0.3 is 20.7 Å². The van der Waals surface area contributed by atoms with Crippen LogP contribution < -0.4 is 20.7 Å². The number of carbonyl (C=O) groups is 2. The SMILES string of the molecule is CCCNCCNC(=O)CC1Oc2ccccc2NC1=O.Cl. The first-order valence-corrected chi connectivity index (χ1v) is 7.24. The number of amides is 2. The first kappa shape index (κ1) is 18.3. The molecule has 22 heavy (non-hydrogen) atoms. The molecule has 0 radical (unpaired) electrons. The fraction of sp³-hybridized carbons (Fsp3) is 0.467. The first-order chi connectivity index (χ1) is 10.2. The molecule has 2 rings (SSSR count). The number of rotatable bonds is 7. The summed E-state index contributed by atoms with van der Waals surface area (Å²) in [5.74, 6) is 0.125. The fourth-order valence-corrected chi connectivity index (χ4v) is 2.06. The molecule has 0 aromatic heterocycles. The van der Waals surface area contributed by atoms with Gasteiger partial charge >= 0.3 is 0 Å². The molecule has 1 heterocycles. The minimum Gasteiger partial charge on any atom is -0.478 e. The predicted octanol–water partition coefficient (Wildman–Crippen LogP) is 1.31. The first-order valence-electron chi connectivity index (χ1n) is 7.24. The van der Waals surface area contributed by atoms with Crippen LogP contribution in [0.1, 0.15) is 19.8 Å². The highest BCUT2D eigenvalue weighted by molar-refractivity contribution is 5.99. The van der Waals surface area contributed by atoms with Crippen molar-refractivity contribution in [3.8, 4) is 5.75 Å². The summed E-state index contributed by atoms with van der Waals surface area (Å²) in [4.78, 5) is 23.7. The molecule has 0 bridgehead atoms. The molecule has 1 aliphatic rings. The monoisotopic (exact) mass is 327 g/mol. The van der Waals surface area contributed by atoms with Crippen molar-refractivity contribution >= 4 is 29.9 Å². The second kappa shape index (κ2) is 9.27. The molecule has 122 valence electrons. The lowest BCUT2D eigenvalue weighted by atomic mass is 10.1. The van der Waals surface area contributed by atoms with Crippen molar-refractivity contribution in [3.05, 3.63) is 24.3 Å². The van der Waals surface area contributed by atoms with E-state index in [1.807, 2.05) is 12.1 Å². The Hall–Kier alpha value is -1.79. The second-order valence-electron chi connectivity index (χ2n) is 4.90. The average molecular weight is 328 g/mol. The number of carbonyl (C=O) groups excluding carboxylic acids is 2. The molecule has 1 atom stereocenters. The Morgan fingerprint density at radius 1 is 1.27 bits per heavy atom. The highest BCUT2D eigenvalue weighted by Gasteiger charge is 2.29. The molecule has 1 aliphatic heterocycles. The van der Waals surface area contributed by atoms with Crippen molar-refractivity contribution in [2.75, 3.05) is 25.0 Å². The van der Waals surface area contributed by atoms with E-state index in [0.717, 1.165) is 19.5 Å². The summed E-state index contributed by atoms with van der Waals surface area (Å²) in [6.45, 7) is 4.28. The van der Waals surface area contributed by atoms with Gasteiger partial charge in [-0.05, 0) is 25.1 Å². The minimum atomic E-state index is -0.775. The third-order valence-corrected chi connectivity index (χ3v) is 3.13. The van der Waals surface area contributed by atoms with Gasteiger partial charge in [0.05, 0.1) is 12.1 Å². The van der Waals surface area contributed by atoms with Crippen LogP contribution in [0.4, 0.5) is 5.69 Å². The number of nitrogens with one attached hydrogen (secondary N) is 3. The standard InChI is InChI=1S/C15H21N3O3.ClH/c1-2-7-16-8-9-17-14(19)10-13-15(20)18-11-5-3-4-6-12(11)21-13;/h3-6,13,16H,2,7-10H2,1H3,(H,17,19)(H,18,20);1H. The van der Waals surface area contributed by atoms with Crippen molar-refractivity contribution in [2.45, 2.75) is 25.9 Å². The van der Waals surface area contributed by atoms with Gasteiger partial charge in [-0.1, -0.05) is 19.1 Å². The maximum atomic E-state index is 11.9. The lowest BCUT2D eigenvalue weighted by Gasteiger charge is -2.25. The Bertz CT molecular complexity index is 511. The van der Waals surface area contributed by atoms with Gasteiger partial charge in [0, 0.05) is 13.1 Å². The van der Waals surface area contributed by atoms with E-state index in [9.17, 15) is 9.59 Å². The van der Waals surface area contributed by atoms with Crippen molar-refractivity contribution in [2.24, 2.45) is 0 Å². The van der Waals surface area contributed by atoms with E-state index >= 15 is 0 Å². The van der Waals surface area contributed by atoms with Crippen LogP contribution >= 0.6 is 12.4 Å². The molecule has 1 unspecified atom stereocenters. The van der Waals surface area contributed by atoms with Gasteiger partial charge in [-0.2, -0.15) is 0 Å². The topological polar surface area (TPSA) is 79.5 Å². The minimum absolute atomic E-state index is 0. The molecular weight excluding hydrogens is 306 g/mol. The molecule has 1 aromatic carbocycles. The zero-order valence-electron chi connectivity index (χ0n) is 12.6. The molecule has 2 amide bonds. The van der Waals surface area contributed by atoms with Crippen molar-refractivity contribution < 1.29 is 14.3 Å². The lowest BCUT2D eigenvalue weighted by Crippen LogP contribution is -2.42. The summed E-state index contributed by atoms with van der Waals surface area (Å²) < 4.78 is 5.57. The maximum absolute atomic E-state index is 11.9. The Morgan fingerprint density at radius 2 is 2.05 bits per heavy atom. The van der Waals surface area contributed by atoms with Crippen LogP contribution in [0, 0.1) is 0 Å². The van der Waals surface area contributed by atoms with Gasteiger partial charge in [0.15, 0.2) is 6.10 Å². The molecule has 0 fully saturated rings. The van der Waals surface area contributed by atoms with Gasteiger partial charge in [0.1, 0.15) is 5.75 Å². The average Bonchev–Trinajstić information content (AvgIpc) is 2.48. The highest BCUT2D eigenvalue weighted by atomic mass is 35.5. The van der Waals surface area contributed by atoms with E-state index in [1.54, 1.807) is 12.1 Å². The molecule has 0 saturated carbocycles. The molecule has 0 saturated heterocycles. The van der Waals surface area contributed by atoms with Gasteiger partial charge in [0.25, 0.3) is 5.91 Å². The summed E-state index contributed by atoms with van der Waals surface area (Å²) in [5.41, 5.74) is 0.642. The number of benzene rings is 1. The number of para-hydroxylation sites is 2. The van der Waals surface area contributed by atoms with Crippen molar-refractivity contribution in [3.63, 3.8) is 0 Å². The number of ether oxygens (including phenoxy) is 1. The third kappa shape index (κ3) is 5.20. The molecule has 6 nitrogen and oxygen atoms in total. The molecule has 7 heteroatoms. The van der Waals surface area contributed by atoms with Crippen LogP contribution in [0.15, 0.2) is 24.3 Å². The van der Waals surface area contributed by atoms with Crippen LogP contribution in [0.5, 0.6) is 5.75 Å². The Morgan fingerprint density at radius 3 is 2.82 bits per heavy atom. The largest absolute Gasteiger partial charge is 0.478 e. The summed E-state index contributed by atoms with van der Waals surface area (Å²) in [6.07, 6.45) is 0.306. The predicted molar refractivity (Wildman–Crippen MR) is 87.5 cm³/mol. The third-order valence-electron chi connectivity index (χ3n) is 3.13. The Kier molecular flexibility index (Phi) is 7.70. The normalized spacial score (nSPS) is 15.9. The van der Waals surface area contributed by atoms with E-state index in [-0.39, 0.29) is 30.6 Å². The second-order valence-corrected chi connectivity index (χ2v) is 4.90. The molecule has 1 aromatic rings. The number of hydrogen-bond acceptors (Lipinski definition) is 4. The number of hydrogen-bond donors (Lipinski definition) is 3. The van der Waals surface area contributed by atoms with Crippen LogP contribution in [0.2, 0.25) is 0 Å². The summed E-state index contributed by atoms with van der Waals surface area (Å²) >= 11 is 0. The summed E-state index contributed by atoms with van der Waals surface area (Å²) in [5, 5.41) is 8.71. The number of halogens is 1. The number of fused-ring (bicyclic) bond motifs is 1. The van der Waals surface area contributed by atoms with Crippen molar-refractivity contribution in [1.29, 1.82) is 0 Å². The van der Waals surface area contributed by atoms with Crippen molar-refractivity contribution in [1.82, 2.24) is 10.6 Å². The smallest absolute Gasteiger partial charge is 0.266 e. The van der Waals surface area contributed by atoms with Gasteiger partial charge in [-0.25, -0.2) is 0 Å². The van der Waals surface area contributed by atoms with E-state index in [4.69, 9.17) is 4.74 Å². The van der Waals surface area contributed by atoms with E-state index in [1.165, 1.54) is 0 Å². The van der Waals surface area contributed by atoms with Gasteiger partial charge in [0.2, 0.25) is 5.91 Å². The lowest BCUT2D eigenvalue weighted by molar-refractivity contribution is -0.130. The van der Waals surface area contributed by atoms with E-state index in [0.29, 0.717) is 18.0 Å². The highest BCUT2D eigenvalue weighted by Crippen LogP contribution is 2.29. The zero-order chi connectivity index (χ0) is 15.1. The van der Waals surface area contributed by atoms with Crippen LogP contribution in [-0.2, 0) is 9.59 Å². The Labute approximate surface area is 136 Å². The quantitative estimate of drug-likeness (QED) is 0.660. The van der Waals surface area contributed by atoms with Crippen LogP contribution in [-0.4, -0.2) is 37.6 Å². The Balaban J connectivity index is 0.00000242. The molecule has 3 N–H and O–H groups in total. The maximum Gasteiger partial charge on any atom is 0.266 e. The van der Waals surface area contributed by atoms with E-state index in [2.05, 4.69) is 22.9 Å². The molecular formula is C15H22ClN3O3. The van der Waals surface area contributed by atoms with Gasteiger partial charge in [-0.15, -0.1) is 12.4 Å². The fourth-order valence-electron chi connectivity index (χ4n) is 2.06. The summed E-state index contributed by atoms with van der Waals surface area (Å²) in [7, 11) is 0. The van der Waals surface area contributed by atoms with Gasteiger partial charge in [-0.3, -0.25) is 9.59 Å². The summed E-state index contributed by atoms with van der Waals surface area (Å²) in [6, 6.07) is 7.18. The zero-order valence-corrected chi connectivity index (χ0v) is 13.4. The van der Waals surface area contributed by atoms with Crippen LogP contribution in [0.3, 0.4) is 0 Å². The van der Waals surface area contributed by atoms with Crippen LogP contribution in [0.25, 0.3) is 0 Å². The van der Waals surface area contributed by atoms with E-state index < -0.39 is 6.10 Å². The molecule has 0 spiro atoms. The molecule has 0 aliphatic carbocycles.